The van der Waals surface area contributed by atoms with Crippen LogP contribution in [0.25, 0.3) is 0 Å². The Morgan fingerprint density at radius 2 is 2.25 bits per heavy atom. The standard InChI is InChI=1S/C7H11FN2O.ClH/c1-7(2,8)5(11)6-9-3-4-10-6;/h3-5,11H,1-2H3,(H,9,10);1H. The number of halogens is 2. The first-order chi connectivity index (χ1) is 5.02. The number of H-pyrrole nitrogens is 1. The van der Waals surface area contributed by atoms with Gasteiger partial charge < -0.3 is 10.1 Å². The van der Waals surface area contributed by atoms with E-state index in [1.807, 2.05) is 0 Å². The molecule has 0 aromatic carbocycles. The highest BCUT2D eigenvalue weighted by atomic mass is 35.5. The summed E-state index contributed by atoms with van der Waals surface area (Å²) < 4.78 is 13.0. The topological polar surface area (TPSA) is 48.9 Å². The van der Waals surface area contributed by atoms with Crippen molar-refractivity contribution in [2.24, 2.45) is 0 Å². The molecule has 0 aliphatic heterocycles. The fraction of sp³-hybridized carbons (Fsp3) is 0.571. The molecule has 1 aromatic heterocycles. The van der Waals surface area contributed by atoms with Crippen LogP contribution in [0.2, 0.25) is 0 Å². The molecule has 0 fully saturated rings. The van der Waals surface area contributed by atoms with E-state index in [1.54, 1.807) is 6.20 Å². The van der Waals surface area contributed by atoms with Crippen molar-refractivity contribution < 1.29 is 9.50 Å². The number of imidazole rings is 1. The van der Waals surface area contributed by atoms with Crippen molar-refractivity contribution in [1.29, 1.82) is 0 Å². The molecular weight excluding hydrogens is 183 g/mol. The summed E-state index contributed by atoms with van der Waals surface area (Å²) in [5.41, 5.74) is -1.65. The van der Waals surface area contributed by atoms with Gasteiger partial charge in [0.05, 0.1) is 0 Å². The molecule has 0 spiro atoms. The number of aliphatic hydroxyl groups is 1. The van der Waals surface area contributed by atoms with E-state index in [1.165, 1.54) is 20.0 Å². The largest absolute Gasteiger partial charge is 0.382 e. The molecule has 5 heteroatoms. The maximum absolute atomic E-state index is 13.0. The number of hydrogen-bond acceptors (Lipinski definition) is 2. The molecule has 1 unspecified atom stereocenters. The fourth-order valence-corrected chi connectivity index (χ4v) is 0.752. The van der Waals surface area contributed by atoms with Gasteiger partial charge in [-0.1, -0.05) is 0 Å². The maximum atomic E-state index is 13.0. The van der Waals surface area contributed by atoms with Crippen molar-refractivity contribution in [3.8, 4) is 0 Å². The number of nitrogens with one attached hydrogen (secondary N) is 1. The average Bonchev–Trinajstić information content (AvgIpc) is 2.34. The Hall–Kier alpha value is -0.610. The zero-order valence-electron chi connectivity index (χ0n) is 6.91. The van der Waals surface area contributed by atoms with Crippen LogP contribution in [0.5, 0.6) is 0 Å². The molecule has 0 aliphatic rings. The number of aromatic nitrogens is 2. The Kier molecular flexibility index (Phi) is 3.67. The Morgan fingerprint density at radius 1 is 1.67 bits per heavy atom. The molecule has 2 N–H and O–H groups in total. The zero-order chi connectivity index (χ0) is 8.48. The Balaban J connectivity index is 0.00000121. The highest BCUT2D eigenvalue weighted by Crippen LogP contribution is 2.25. The fourth-order valence-electron chi connectivity index (χ4n) is 0.752. The first-order valence-corrected chi connectivity index (χ1v) is 3.38. The molecule has 0 bridgehead atoms. The van der Waals surface area contributed by atoms with Crippen LogP contribution >= 0.6 is 12.4 Å². The predicted octanol–water partition coefficient (Wildman–Crippen LogP) is 1.61. The second-order valence-corrected chi connectivity index (χ2v) is 2.94. The van der Waals surface area contributed by atoms with Crippen LogP contribution in [0, 0.1) is 0 Å². The quantitative estimate of drug-likeness (QED) is 0.752. The highest BCUT2D eigenvalue weighted by Gasteiger charge is 2.30. The highest BCUT2D eigenvalue weighted by molar-refractivity contribution is 5.85. The summed E-state index contributed by atoms with van der Waals surface area (Å²) in [6.45, 7) is 2.61. The lowest BCUT2D eigenvalue weighted by molar-refractivity contribution is 0.0107. The molecule has 70 valence electrons. The number of aromatic amines is 1. The van der Waals surface area contributed by atoms with Gasteiger partial charge in [-0.25, -0.2) is 9.37 Å². The van der Waals surface area contributed by atoms with Gasteiger partial charge in [-0.05, 0) is 13.8 Å². The van der Waals surface area contributed by atoms with E-state index in [0.717, 1.165) is 0 Å². The molecule has 0 radical (unpaired) electrons. The van der Waals surface area contributed by atoms with Gasteiger partial charge >= 0.3 is 0 Å². The third-order valence-corrected chi connectivity index (χ3v) is 1.43. The van der Waals surface area contributed by atoms with E-state index in [2.05, 4.69) is 9.97 Å². The maximum Gasteiger partial charge on any atom is 0.145 e. The molecule has 1 atom stereocenters. The molecular formula is C7H12ClFN2O. The van der Waals surface area contributed by atoms with Crippen LogP contribution in [0.1, 0.15) is 25.8 Å². The summed E-state index contributed by atoms with van der Waals surface area (Å²) >= 11 is 0. The van der Waals surface area contributed by atoms with E-state index in [-0.39, 0.29) is 18.2 Å². The molecule has 1 aromatic rings. The lowest BCUT2D eigenvalue weighted by Gasteiger charge is -2.19. The summed E-state index contributed by atoms with van der Waals surface area (Å²) in [7, 11) is 0. The van der Waals surface area contributed by atoms with Gasteiger partial charge in [0.15, 0.2) is 0 Å². The van der Waals surface area contributed by atoms with Crippen molar-refractivity contribution >= 4 is 12.4 Å². The molecule has 0 amide bonds. The van der Waals surface area contributed by atoms with E-state index < -0.39 is 11.8 Å². The second-order valence-electron chi connectivity index (χ2n) is 2.94. The van der Waals surface area contributed by atoms with E-state index in [4.69, 9.17) is 0 Å². The second kappa shape index (κ2) is 3.87. The minimum absolute atomic E-state index is 0. The third kappa shape index (κ3) is 2.46. The summed E-state index contributed by atoms with van der Waals surface area (Å²) in [4.78, 5) is 6.38. The molecule has 1 rings (SSSR count). The van der Waals surface area contributed by atoms with Gasteiger partial charge in [0.1, 0.15) is 17.6 Å². The third-order valence-electron chi connectivity index (χ3n) is 1.43. The van der Waals surface area contributed by atoms with Crippen LogP contribution in [-0.2, 0) is 0 Å². The lowest BCUT2D eigenvalue weighted by Crippen LogP contribution is -2.24. The van der Waals surface area contributed by atoms with Crippen molar-refractivity contribution in [2.75, 3.05) is 0 Å². The number of nitrogens with zero attached hydrogens (tertiary/aromatic N) is 1. The first-order valence-electron chi connectivity index (χ1n) is 3.38. The molecule has 1 heterocycles. The van der Waals surface area contributed by atoms with E-state index >= 15 is 0 Å². The molecule has 0 saturated carbocycles. The minimum atomic E-state index is -1.65. The normalized spacial score (nSPS) is 13.7. The molecule has 3 nitrogen and oxygen atoms in total. The van der Waals surface area contributed by atoms with Gasteiger partial charge in [0.25, 0.3) is 0 Å². The number of hydrogen-bond donors (Lipinski definition) is 2. The van der Waals surface area contributed by atoms with Crippen LogP contribution in [-0.4, -0.2) is 20.7 Å². The minimum Gasteiger partial charge on any atom is -0.382 e. The van der Waals surface area contributed by atoms with E-state index in [9.17, 15) is 9.50 Å². The van der Waals surface area contributed by atoms with Crippen LogP contribution in [0.4, 0.5) is 4.39 Å². The van der Waals surface area contributed by atoms with Crippen molar-refractivity contribution in [3.63, 3.8) is 0 Å². The van der Waals surface area contributed by atoms with Crippen LogP contribution in [0.3, 0.4) is 0 Å². The summed E-state index contributed by atoms with van der Waals surface area (Å²) in [6.07, 6.45) is 1.84. The van der Waals surface area contributed by atoms with Gasteiger partial charge in [0, 0.05) is 12.4 Å². The average molecular weight is 195 g/mol. The number of rotatable bonds is 2. The number of aliphatic hydroxyl groups excluding tert-OH is 1. The number of alkyl halides is 1. The molecule has 12 heavy (non-hydrogen) atoms. The first kappa shape index (κ1) is 11.4. The summed E-state index contributed by atoms with van der Waals surface area (Å²) in [5.74, 6) is 0.262. The summed E-state index contributed by atoms with van der Waals surface area (Å²) in [5, 5.41) is 9.28. The van der Waals surface area contributed by atoms with Crippen LogP contribution in [0.15, 0.2) is 12.4 Å². The Bertz CT molecular complexity index is 220. The Labute approximate surface area is 76.4 Å². The van der Waals surface area contributed by atoms with E-state index in [0.29, 0.717) is 0 Å². The SMILES string of the molecule is CC(C)(F)C(O)c1ncc[nH]1.Cl. The predicted molar refractivity (Wildman–Crippen MR) is 46.0 cm³/mol. The lowest BCUT2D eigenvalue weighted by atomic mass is 10.0. The monoisotopic (exact) mass is 194 g/mol. The summed E-state index contributed by atoms with van der Waals surface area (Å²) in [6, 6.07) is 0. The van der Waals surface area contributed by atoms with Gasteiger partial charge in [-0.15, -0.1) is 12.4 Å². The van der Waals surface area contributed by atoms with Gasteiger partial charge in [-0.3, -0.25) is 0 Å². The van der Waals surface area contributed by atoms with Crippen LogP contribution < -0.4 is 0 Å². The van der Waals surface area contributed by atoms with Crippen molar-refractivity contribution in [1.82, 2.24) is 9.97 Å². The van der Waals surface area contributed by atoms with Gasteiger partial charge in [-0.2, -0.15) is 0 Å². The molecule has 0 saturated heterocycles. The zero-order valence-corrected chi connectivity index (χ0v) is 7.73. The van der Waals surface area contributed by atoms with Gasteiger partial charge in [0.2, 0.25) is 0 Å². The van der Waals surface area contributed by atoms with Crippen molar-refractivity contribution in [2.45, 2.75) is 25.6 Å². The molecule has 0 aliphatic carbocycles. The smallest absolute Gasteiger partial charge is 0.145 e. The Morgan fingerprint density at radius 3 is 2.58 bits per heavy atom. The van der Waals surface area contributed by atoms with Crippen molar-refractivity contribution in [3.05, 3.63) is 18.2 Å².